The second-order valence-corrected chi connectivity index (χ2v) is 6.54. The molecule has 4 rings (SSSR count). The molecule has 0 N–H and O–H groups in total. The van der Waals surface area contributed by atoms with Gasteiger partial charge < -0.3 is 14.4 Å². The smallest absolute Gasteiger partial charge is 0.225 e. The normalized spacial score (nSPS) is 22.0. The highest BCUT2D eigenvalue weighted by Crippen LogP contribution is 2.23. The van der Waals surface area contributed by atoms with Crippen molar-refractivity contribution in [3.8, 4) is 5.88 Å². The van der Waals surface area contributed by atoms with Crippen LogP contribution in [0.5, 0.6) is 5.88 Å². The van der Waals surface area contributed by atoms with E-state index in [1.165, 1.54) is 0 Å². The van der Waals surface area contributed by atoms with Gasteiger partial charge in [-0.15, -0.1) is 0 Å². The average molecular weight is 326 g/mol. The molecule has 0 saturated carbocycles. The number of benzene rings is 1. The van der Waals surface area contributed by atoms with E-state index in [1.807, 2.05) is 41.3 Å². The van der Waals surface area contributed by atoms with Gasteiger partial charge in [0.2, 0.25) is 11.8 Å². The number of carbonyl (C=O) groups is 1. The van der Waals surface area contributed by atoms with Crippen LogP contribution in [0.15, 0.2) is 36.4 Å². The zero-order chi connectivity index (χ0) is 16.4. The van der Waals surface area contributed by atoms with Gasteiger partial charge in [0, 0.05) is 43.5 Å². The molecule has 2 saturated heterocycles. The highest BCUT2D eigenvalue weighted by molar-refractivity contribution is 5.79. The Morgan fingerprint density at radius 1 is 1.12 bits per heavy atom. The van der Waals surface area contributed by atoms with Gasteiger partial charge in [0.05, 0.1) is 12.1 Å². The fourth-order valence-corrected chi connectivity index (χ4v) is 3.51. The van der Waals surface area contributed by atoms with E-state index in [4.69, 9.17) is 9.47 Å². The van der Waals surface area contributed by atoms with Gasteiger partial charge in [-0.2, -0.15) is 0 Å². The summed E-state index contributed by atoms with van der Waals surface area (Å²) in [6.45, 7) is 2.83. The van der Waals surface area contributed by atoms with Crippen molar-refractivity contribution in [2.75, 3.05) is 26.3 Å². The zero-order valence-electron chi connectivity index (χ0n) is 13.7. The molecule has 1 aromatic heterocycles. The summed E-state index contributed by atoms with van der Waals surface area (Å²) in [6.07, 6.45) is 2.58. The van der Waals surface area contributed by atoms with Gasteiger partial charge in [-0.3, -0.25) is 4.79 Å². The Morgan fingerprint density at radius 2 is 1.96 bits per heavy atom. The summed E-state index contributed by atoms with van der Waals surface area (Å²) in [6, 6.07) is 11.9. The summed E-state index contributed by atoms with van der Waals surface area (Å²) in [5.74, 6) is 1.02. The molecule has 2 aromatic rings. The van der Waals surface area contributed by atoms with E-state index >= 15 is 0 Å². The number of para-hydroxylation sites is 1. The first-order valence-corrected chi connectivity index (χ1v) is 8.68. The molecule has 0 radical (unpaired) electrons. The largest absolute Gasteiger partial charge is 0.472 e. The topological polar surface area (TPSA) is 51.7 Å². The third-order valence-corrected chi connectivity index (χ3v) is 4.89. The number of rotatable bonds is 3. The van der Waals surface area contributed by atoms with E-state index in [9.17, 15) is 4.79 Å². The standard InChI is InChI=1S/C19H22N2O3/c22-19(15-8-11-23-12-9-15)21-10-7-16(13-21)24-18-6-5-14-3-1-2-4-17(14)20-18/h1-6,15-16H,7-13H2/t16-/m0/s1. The lowest BCUT2D eigenvalue weighted by molar-refractivity contribution is -0.137. The maximum absolute atomic E-state index is 12.6. The Morgan fingerprint density at radius 3 is 2.83 bits per heavy atom. The van der Waals surface area contributed by atoms with Crippen LogP contribution in [0.4, 0.5) is 0 Å². The minimum atomic E-state index is 0.0300. The highest BCUT2D eigenvalue weighted by Gasteiger charge is 2.32. The third kappa shape index (κ3) is 3.22. The molecule has 2 aliphatic rings. The second-order valence-electron chi connectivity index (χ2n) is 6.54. The van der Waals surface area contributed by atoms with Gasteiger partial charge in [0.15, 0.2) is 0 Å². The monoisotopic (exact) mass is 326 g/mol. The molecule has 0 unspecified atom stereocenters. The van der Waals surface area contributed by atoms with E-state index in [2.05, 4.69) is 4.98 Å². The molecular weight excluding hydrogens is 304 g/mol. The Labute approximate surface area is 141 Å². The van der Waals surface area contributed by atoms with Crippen LogP contribution in [-0.2, 0) is 9.53 Å². The number of aromatic nitrogens is 1. The van der Waals surface area contributed by atoms with Crippen molar-refractivity contribution in [2.24, 2.45) is 5.92 Å². The SMILES string of the molecule is O=C(C1CCOCC1)N1CC[C@H](Oc2ccc3ccccc3n2)C1. The lowest BCUT2D eigenvalue weighted by atomic mass is 9.99. The van der Waals surface area contributed by atoms with Gasteiger partial charge in [0.1, 0.15) is 6.10 Å². The molecule has 126 valence electrons. The lowest BCUT2D eigenvalue weighted by Crippen LogP contribution is -2.38. The summed E-state index contributed by atoms with van der Waals surface area (Å²) in [4.78, 5) is 19.1. The quantitative estimate of drug-likeness (QED) is 0.870. The third-order valence-electron chi connectivity index (χ3n) is 4.89. The molecule has 24 heavy (non-hydrogen) atoms. The van der Waals surface area contributed by atoms with Crippen LogP contribution < -0.4 is 4.74 Å². The van der Waals surface area contributed by atoms with E-state index in [1.54, 1.807) is 0 Å². The number of nitrogens with zero attached hydrogens (tertiary/aromatic N) is 2. The van der Waals surface area contributed by atoms with Gasteiger partial charge in [0.25, 0.3) is 0 Å². The molecule has 1 aromatic carbocycles. The van der Waals surface area contributed by atoms with Crippen LogP contribution in [0.1, 0.15) is 19.3 Å². The maximum atomic E-state index is 12.6. The molecular formula is C19H22N2O3. The minimum Gasteiger partial charge on any atom is -0.472 e. The van der Waals surface area contributed by atoms with E-state index in [-0.39, 0.29) is 17.9 Å². The number of fused-ring (bicyclic) bond motifs is 1. The highest BCUT2D eigenvalue weighted by atomic mass is 16.5. The summed E-state index contributed by atoms with van der Waals surface area (Å²) in [5, 5.41) is 1.10. The van der Waals surface area contributed by atoms with Gasteiger partial charge >= 0.3 is 0 Å². The lowest BCUT2D eigenvalue weighted by Gasteiger charge is -2.26. The van der Waals surface area contributed by atoms with Gasteiger partial charge in [-0.25, -0.2) is 4.98 Å². The number of hydrogen-bond donors (Lipinski definition) is 0. The Hall–Kier alpha value is -2.14. The molecule has 2 aliphatic heterocycles. The molecule has 1 amide bonds. The molecule has 0 bridgehead atoms. The molecule has 1 atom stereocenters. The van der Waals surface area contributed by atoms with Crippen LogP contribution >= 0.6 is 0 Å². The number of carbonyl (C=O) groups excluding carboxylic acids is 1. The van der Waals surface area contributed by atoms with Crippen molar-refractivity contribution in [3.63, 3.8) is 0 Å². The van der Waals surface area contributed by atoms with Gasteiger partial charge in [-0.1, -0.05) is 18.2 Å². The van der Waals surface area contributed by atoms with Crippen molar-refractivity contribution in [3.05, 3.63) is 36.4 Å². The Kier molecular flexibility index (Phi) is 4.34. The molecule has 5 nitrogen and oxygen atoms in total. The Balaban J connectivity index is 1.38. The zero-order valence-corrected chi connectivity index (χ0v) is 13.7. The van der Waals surface area contributed by atoms with E-state index in [0.29, 0.717) is 25.6 Å². The first kappa shape index (κ1) is 15.4. The number of pyridine rings is 1. The van der Waals surface area contributed by atoms with Crippen molar-refractivity contribution >= 4 is 16.8 Å². The predicted octanol–water partition coefficient (Wildman–Crippen LogP) is 2.64. The molecule has 2 fully saturated rings. The first-order valence-electron chi connectivity index (χ1n) is 8.68. The average Bonchev–Trinajstić information content (AvgIpc) is 3.10. The van der Waals surface area contributed by atoms with Crippen LogP contribution in [0, 0.1) is 5.92 Å². The molecule has 0 spiro atoms. The van der Waals surface area contributed by atoms with E-state index < -0.39 is 0 Å². The van der Waals surface area contributed by atoms with Crippen LogP contribution in [-0.4, -0.2) is 48.2 Å². The fraction of sp³-hybridized carbons (Fsp3) is 0.474. The van der Waals surface area contributed by atoms with Crippen molar-refractivity contribution < 1.29 is 14.3 Å². The maximum Gasteiger partial charge on any atom is 0.225 e. The summed E-state index contributed by atoms with van der Waals surface area (Å²) in [7, 11) is 0. The predicted molar refractivity (Wildman–Crippen MR) is 90.9 cm³/mol. The molecule has 0 aliphatic carbocycles. The number of ether oxygens (including phenoxy) is 2. The minimum absolute atomic E-state index is 0.0300. The number of hydrogen-bond acceptors (Lipinski definition) is 4. The second kappa shape index (κ2) is 6.77. The van der Waals surface area contributed by atoms with Crippen molar-refractivity contribution in [1.82, 2.24) is 9.88 Å². The molecule has 3 heterocycles. The Bertz CT molecular complexity index is 727. The van der Waals surface area contributed by atoms with Crippen molar-refractivity contribution in [2.45, 2.75) is 25.4 Å². The summed E-state index contributed by atoms with van der Waals surface area (Å²) >= 11 is 0. The number of likely N-dealkylation sites (tertiary alicyclic amines) is 1. The van der Waals surface area contributed by atoms with E-state index in [0.717, 1.165) is 36.7 Å². The first-order chi connectivity index (χ1) is 11.8. The van der Waals surface area contributed by atoms with Crippen LogP contribution in [0.2, 0.25) is 0 Å². The summed E-state index contributed by atoms with van der Waals surface area (Å²) in [5.41, 5.74) is 0.933. The number of amides is 1. The van der Waals surface area contributed by atoms with Crippen molar-refractivity contribution in [1.29, 1.82) is 0 Å². The van der Waals surface area contributed by atoms with Crippen LogP contribution in [0.3, 0.4) is 0 Å². The summed E-state index contributed by atoms with van der Waals surface area (Å²) < 4.78 is 11.4. The van der Waals surface area contributed by atoms with Gasteiger partial charge in [-0.05, 0) is 25.0 Å². The molecule has 5 heteroatoms. The fourth-order valence-electron chi connectivity index (χ4n) is 3.51. The van der Waals surface area contributed by atoms with Crippen LogP contribution in [0.25, 0.3) is 10.9 Å².